The van der Waals surface area contributed by atoms with Crippen LogP contribution in [-0.2, 0) is 6.54 Å². The summed E-state index contributed by atoms with van der Waals surface area (Å²) in [5, 5.41) is 7.44. The number of anilines is 1. The van der Waals surface area contributed by atoms with Gasteiger partial charge in [0.25, 0.3) is 5.91 Å². The van der Waals surface area contributed by atoms with E-state index in [4.69, 9.17) is 0 Å². The van der Waals surface area contributed by atoms with Gasteiger partial charge in [-0.05, 0) is 42.8 Å². The fourth-order valence-electron chi connectivity index (χ4n) is 2.90. The van der Waals surface area contributed by atoms with Crippen molar-refractivity contribution in [3.05, 3.63) is 81.9 Å². The molecule has 0 spiro atoms. The highest BCUT2D eigenvalue weighted by Gasteiger charge is 2.19. The Morgan fingerprint density at radius 3 is 2.52 bits per heavy atom. The van der Waals surface area contributed by atoms with Crippen molar-refractivity contribution in [2.75, 3.05) is 5.32 Å². The van der Waals surface area contributed by atoms with Crippen molar-refractivity contribution in [2.24, 2.45) is 0 Å². The minimum atomic E-state index is -1.65. The number of benzene rings is 2. The van der Waals surface area contributed by atoms with E-state index >= 15 is 0 Å². The first-order chi connectivity index (χ1) is 13.8. The first-order valence-electron chi connectivity index (χ1n) is 8.49. The summed E-state index contributed by atoms with van der Waals surface area (Å²) in [5.41, 5.74) is 1.08. The van der Waals surface area contributed by atoms with Crippen LogP contribution in [0.1, 0.15) is 20.9 Å². The summed E-state index contributed by atoms with van der Waals surface area (Å²) in [6.07, 6.45) is 0. The van der Waals surface area contributed by atoms with Crippen LogP contribution in [0.2, 0.25) is 0 Å². The van der Waals surface area contributed by atoms with E-state index in [1.165, 1.54) is 12.1 Å². The van der Waals surface area contributed by atoms with E-state index in [1.807, 2.05) is 0 Å². The molecular formula is C20H13F4N3OS. The van der Waals surface area contributed by atoms with E-state index in [0.29, 0.717) is 17.1 Å². The largest absolute Gasteiger partial charge is 0.319 e. The van der Waals surface area contributed by atoms with Crippen LogP contribution in [0, 0.1) is 30.2 Å². The zero-order chi connectivity index (χ0) is 20.7. The Morgan fingerprint density at radius 1 is 1.07 bits per heavy atom. The number of aromatic nitrogens is 2. The Morgan fingerprint density at radius 2 is 1.79 bits per heavy atom. The summed E-state index contributed by atoms with van der Waals surface area (Å²) >= 11 is 1.13. The second kappa shape index (κ2) is 7.32. The van der Waals surface area contributed by atoms with E-state index in [2.05, 4.69) is 10.4 Å². The number of carbonyl (C=O) groups excluding carboxylic acids is 1. The van der Waals surface area contributed by atoms with Gasteiger partial charge in [-0.2, -0.15) is 5.10 Å². The third-order valence-corrected chi connectivity index (χ3v) is 5.51. The van der Waals surface area contributed by atoms with E-state index < -0.39 is 29.0 Å². The molecule has 0 atom stereocenters. The van der Waals surface area contributed by atoms with Crippen molar-refractivity contribution < 1.29 is 22.4 Å². The molecule has 0 fully saturated rings. The maximum absolute atomic E-state index is 13.8. The normalized spacial score (nSPS) is 11.2. The van der Waals surface area contributed by atoms with Gasteiger partial charge in [0.1, 0.15) is 10.6 Å². The lowest BCUT2D eigenvalue weighted by molar-refractivity contribution is 0.103. The Hall–Kier alpha value is -3.20. The molecule has 4 nitrogen and oxygen atoms in total. The maximum atomic E-state index is 13.8. The highest BCUT2D eigenvalue weighted by atomic mass is 32.1. The van der Waals surface area contributed by atoms with Crippen molar-refractivity contribution in [2.45, 2.75) is 13.5 Å². The molecule has 29 heavy (non-hydrogen) atoms. The summed E-state index contributed by atoms with van der Waals surface area (Å²) in [4.78, 5) is 13.5. The molecule has 0 aliphatic rings. The molecule has 0 aliphatic carbocycles. The Kier molecular flexibility index (Phi) is 4.83. The van der Waals surface area contributed by atoms with Gasteiger partial charge in [-0.25, -0.2) is 17.6 Å². The van der Waals surface area contributed by atoms with Crippen molar-refractivity contribution in [3.63, 3.8) is 0 Å². The Labute approximate surface area is 166 Å². The molecule has 0 saturated carbocycles. The topological polar surface area (TPSA) is 46.9 Å². The van der Waals surface area contributed by atoms with Gasteiger partial charge in [-0.15, -0.1) is 11.3 Å². The summed E-state index contributed by atoms with van der Waals surface area (Å²) in [6, 6.07) is 9.30. The second-order valence-corrected chi connectivity index (χ2v) is 7.41. The standard InChI is InChI=1S/C20H13F4N3OS/c1-10-13-8-16(19(28)25-15-7-6-14(22)17(23)18(15)24)29-20(13)27(26-10)9-11-2-4-12(21)5-3-11/h2-8H,9H2,1H3,(H,25,28). The lowest BCUT2D eigenvalue weighted by Gasteiger charge is -2.06. The lowest BCUT2D eigenvalue weighted by atomic mass is 10.2. The fraction of sp³-hybridized carbons (Fsp3) is 0.100. The molecule has 4 rings (SSSR count). The van der Waals surface area contributed by atoms with E-state index in [1.54, 1.807) is 29.8 Å². The molecule has 2 heterocycles. The van der Waals surface area contributed by atoms with Crippen LogP contribution in [0.15, 0.2) is 42.5 Å². The summed E-state index contributed by atoms with van der Waals surface area (Å²) in [6.45, 7) is 2.16. The molecule has 2 aromatic heterocycles. The number of amides is 1. The third-order valence-electron chi connectivity index (χ3n) is 4.36. The van der Waals surface area contributed by atoms with E-state index in [9.17, 15) is 22.4 Å². The molecule has 0 radical (unpaired) electrons. The molecule has 0 bridgehead atoms. The van der Waals surface area contributed by atoms with E-state index in [-0.39, 0.29) is 10.7 Å². The SMILES string of the molecule is Cc1nn(Cc2ccc(F)cc2)c2sc(C(=O)Nc3ccc(F)c(F)c3F)cc12. The van der Waals surface area contributed by atoms with Gasteiger partial charge in [-0.3, -0.25) is 9.48 Å². The summed E-state index contributed by atoms with van der Waals surface area (Å²) < 4.78 is 55.0. The molecule has 1 amide bonds. The van der Waals surface area contributed by atoms with Gasteiger partial charge in [-0.1, -0.05) is 12.1 Å². The molecule has 0 aliphatic heterocycles. The molecule has 148 valence electrons. The number of aryl methyl sites for hydroxylation is 1. The first-order valence-corrected chi connectivity index (χ1v) is 9.31. The van der Waals surface area contributed by atoms with Gasteiger partial charge < -0.3 is 5.32 Å². The number of carbonyl (C=O) groups is 1. The van der Waals surface area contributed by atoms with Gasteiger partial charge in [0, 0.05) is 5.39 Å². The van der Waals surface area contributed by atoms with Gasteiger partial charge in [0.15, 0.2) is 17.5 Å². The maximum Gasteiger partial charge on any atom is 0.265 e. The van der Waals surface area contributed by atoms with Crippen LogP contribution in [0.3, 0.4) is 0 Å². The highest BCUT2D eigenvalue weighted by Crippen LogP contribution is 2.30. The lowest BCUT2D eigenvalue weighted by Crippen LogP contribution is -2.12. The second-order valence-electron chi connectivity index (χ2n) is 6.38. The van der Waals surface area contributed by atoms with Gasteiger partial charge >= 0.3 is 0 Å². The quantitative estimate of drug-likeness (QED) is 0.362. The average Bonchev–Trinajstić information content (AvgIpc) is 3.26. The molecule has 1 N–H and O–H groups in total. The molecule has 2 aromatic carbocycles. The number of rotatable bonds is 4. The van der Waals surface area contributed by atoms with Gasteiger partial charge in [0.05, 0.1) is 22.8 Å². The van der Waals surface area contributed by atoms with Gasteiger partial charge in [0.2, 0.25) is 0 Å². The zero-order valence-electron chi connectivity index (χ0n) is 15.0. The van der Waals surface area contributed by atoms with Crippen LogP contribution < -0.4 is 5.32 Å². The minimum Gasteiger partial charge on any atom is -0.319 e. The number of nitrogens with zero attached hydrogens (tertiary/aromatic N) is 2. The van der Waals surface area contributed by atoms with Crippen molar-refractivity contribution in [1.29, 1.82) is 0 Å². The predicted molar refractivity (Wildman–Crippen MR) is 102 cm³/mol. The van der Waals surface area contributed by atoms with Crippen LogP contribution in [0.4, 0.5) is 23.2 Å². The molecule has 9 heteroatoms. The van der Waals surface area contributed by atoms with Crippen molar-refractivity contribution >= 4 is 33.1 Å². The molecular weight excluding hydrogens is 406 g/mol. The summed E-state index contributed by atoms with van der Waals surface area (Å²) in [7, 11) is 0. The van der Waals surface area contributed by atoms with Crippen LogP contribution in [0.25, 0.3) is 10.2 Å². The molecule has 0 saturated heterocycles. The predicted octanol–water partition coefficient (Wildman–Crippen LogP) is 5.26. The van der Waals surface area contributed by atoms with E-state index in [0.717, 1.165) is 34.4 Å². The number of nitrogens with one attached hydrogen (secondary N) is 1. The first kappa shape index (κ1) is 19.1. The third kappa shape index (κ3) is 3.61. The zero-order valence-corrected chi connectivity index (χ0v) is 15.8. The van der Waals surface area contributed by atoms with Crippen LogP contribution in [-0.4, -0.2) is 15.7 Å². The number of thiophene rings is 1. The Bertz CT molecular complexity index is 1230. The van der Waals surface area contributed by atoms with Crippen LogP contribution >= 0.6 is 11.3 Å². The minimum absolute atomic E-state index is 0.262. The monoisotopic (exact) mass is 419 g/mol. The molecule has 0 unspecified atom stereocenters. The smallest absolute Gasteiger partial charge is 0.265 e. The highest BCUT2D eigenvalue weighted by molar-refractivity contribution is 7.20. The molecule has 4 aromatic rings. The summed E-state index contributed by atoms with van der Waals surface area (Å²) in [5.74, 6) is -5.43. The van der Waals surface area contributed by atoms with Crippen molar-refractivity contribution in [1.82, 2.24) is 9.78 Å². The number of hydrogen-bond acceptors (Lipinski definition) is 3. The number of fused-ring (bicyclic) bond motifs is 1. The van der Waals surface area contributed by atoms with Crippen LogP contribution in [0.5, 0.6) is 0 Å². The number of halogens is 4. The van der Waals surface area contributed by atoms with Crippen molar-refractivity contribution in [3.8, 4) is 0 Å². The average molecular weight is 419 g/mol. The number of hydrogen-bond donors (Lipinski definition) is 1. The fourth-order valence-corrected chi connectivity index (χ4v) is 3.96. The Balaban J connectivity index is 1.63.